The third-order valence-corrected chi connectivity index (χ3v) is 3.30. The fourth-order valence-electron chi connectivity index (χ4n) is 1.80. The van der Waals surface area contributed by atoms with Crippen LogP contribution in [0.2, 0.25) is 0 Å². The molecule has 0 aliphatic rings. The number of carbonyl (C=O) groups is 1. The van der Waals surface area contributed by atoms with Crippen LogP contribution in [-0.2, 0) is 11.3 Å². The van der Waals surface area contributed by atoms with Gasteiger partial charge in [0.2, 0.25) is 5.91 Å². The lowest BCUT2D eigenvalue weighted by Gasteiger charge is -2.22. The Morgan fingerprint density at radius 3 is 2.53 bits per heavy atom. The summed E-state index contributed by atoms with van der Waals surface area (Å²) in [5.41, 5.74) is -1.04. The number of hydrogen-bond donors (Lipinski definition) is 1. The summed E-state index contributed by atoms with van der Waals surface area (Å²) >= 11 is 0. The molecule has 0 unspecified atom stereocenters. The molecule has 1 amide bonds. The highest BCUT2D eigenvalue weighted by Crippen LogP contribution is 2.25. The molecular weight excluding hydrogens is 250 g/mol. The first-order valence-electron chi connectivity index (χ1n) is 6.12. The molecule has 0 heterocycles. The van der Waals surface area contributed by atoms with Crippen LogP contribution < -0.4 is 5.32 Å². The summed E-state index contributed by atoms with van der Waals surface area (Å²) in [5.74, 6) is -1.61. The molecule has 0 radical (unpaired) electrons. The third-order valence-electron chi connectivity index (χ3n) is 3.30. The van der Waals surface area contributed by atoms with E-state index in [1.807, 2.05) is 6.07 Å². The van der Waals surface area contributed by atoms with Crippen molar-refractivity contribution >= 4 is 5.91 Å². The van der Waals surface area contributed by atoms with Crippen molar-refractivity contribution in [3.05, 3.63) is 35.4 Å². The van der Waals surface area contributed by atoms with E-state index >= 15 is 0 Å². The van der Waals surface area contributed by atoms with Gasteiger partial charge in [-0.1, -0.05) is 13.8 Å². The van der Waals surface area contributed by atoms with Crippen molar-refractivity contribution in [3.8, 4) is 6.07 Å². The smallest absolute Gasteiger partial charge is 0.240 e. The highest BCUT2D eigenvalue weighted by molar-refractivity contribution is 5.85. The Morgan fingerprint density at radius 2 is 2.00 bits per heavy atom. The highest BCUT2D eigenvalue weighted by Gasteiger charge is 2.34. The van der Waals surface area contributed by atoms with Crippen molar-refractivity contribution in [2.75, 3.05) is 0 Å². The zero-order chi connectivity index (χ0) is 14.5. The van der Waals surface area contributed by atoms with Crippen LogP contribution in [0.1, 0.15) is 32.3 Å². The number of rotatable bonds is 5. The molecule has 0 atom stereocenters. The lowest BCUT2D eigenvalue weighted by atomic mass is 9.83. The van der Waals surface area contributed by atoms with Gasteiger partial charge in [-0.2, -0.15) is 5.26 Å². The van der Waals surface area contributed by atoms with Gasteiger partial charge >= 0.3 is 0 Å². The van der Waals surface area contributed by atoms with Crippen LogP contribution in [-0.4, -0.2) is 5.91 Å². The van der Waals surface area contributed by atoms with Crippen LogP contribution in [0.5, 0.6) is 0 Å². The molecule has 3 nitrogen and oxygen atoms in total. The van der Waals surface area contributed by atoms with Gasteiger partial charge in [0.15, 0.2) is 0 Å². The maximum Gasteiger partial charge on any atom is 0.240 e. The largest absolute Gasteiger partial charge is 0.351 e. The van der Waals surface area contributed by atoms with E-state index in [2.05, 4.69) is 5.32 Å². The Bertz CT molecular complexity index is 505. The van der Waals surface area contributed by atoms with Crippen LogP contribution in [0.15, 0.2) is 18.2 Å². The zero-order valence-electron chi connectivity index (χ0n) is 11.0. The summed E-state index contributed by atoms with van der Waals surface area (Å²) in [6.07, 6.45) is 0.745. The molecule has 0 aliphatic carbocycles. The molecule has 0 spiro atoms. The minimum atomic E-state index is -1.11. The number of benzene rings is 1. The summed E-state index contributed by atoms with van der Waals surface area (Å²) in [5, 5.41) is 11.6. The maximum atomic E-state index is 13.4. The normalized spacial score (nSPS) is 10.9. The zero-order valence-corrected chi connectivity index (χ0v) is 11.0. The van der Waals surface area contributed by atoms with E-state index in [1.54, 1.807) is 13.8 Å². The van der Waals surface area contributed by atoms with E-state index in [0.717, 1.165) is 18.2 Å². The van der Waals surface area contributed by atoms with Crippen LogP contribution in [0.3, 0.4) is 0 Å². The van der Waals surface area contributed by atoms with Gasteiger partial charge in [0, 0.05) is 12.1 Å². The number of carbonyl (C=O) groups excluding carboxylic acids is 1. The Kier molecular flexibility index (Phi) is 4.99. The van der Waals surface area contributed by atoms with Crippen LogP contribution in [0.4, 0.5) is 8.78 Å². The van der Waals surface area contributed by atoms with Gasteiger partial charge in [-0.25, -0.2) is 8.78 Å². The van der Waals surface area contributed by atoms with Gasteiger partial charge in [-0.3, -0.25) is 4.79 Å². The average Bonchev–Trinajstić information content (AvgIpc) is 2.42. The van der Waals surface area contributed by atoms with Crippen molar-refractivity contribution < 1.29 is 13.6 Å². The summed E-state index contributed by atoms with van der Waals surface area (Å²) < 4.78 is 26.4. The number of halogens is 2. The van der Waals surface area contributed by atoms with E-state index < -0.39 is 23.0 Å². The maximum absolute atomic E-state index is 13.4. The van der Waals surface area contributed by atoms with Crippen LogP contribution in [0, 0.1) is 28.4 Å². The molecule has 0 aliphatic heterocycles. The summed E-state index contributed by atoms with van der Waals surface area (Å²) in [6.45, 7) is 3.36. The number of nitrogens with zero attached hydrogens (tertiary/aromatic N) is 1. The molecule has 0 saturated heterocycles. The molecule has 0 aromatic heterocycles. The fourth-order valence-corrected chi connectivity index (χ4v) is 1.80. The molecule has 1 rings (SSSR count). The van der Waals surface area contributed by atoms with E-state index in [0.29, 0.717) is 12.8 Å². The molecule has 19 heavy (non-hydrogen) atoms. The highest BCUT2D eigenvalue weighted by atomic mass is 19.1. The topological polar surface area (TPSA) is 52.9 Å². The quantitative estimate of drug-likeness (QED) is 0.890. The molecule has 5 heteroatoms. The van der Waals surface area contributed by atoms with Gasteiger partial charge in [0.25, 0.3) is 0 Å². The van der Waals surface area contributed by atoms with Gasteiger partial charge in [-0.15, -0.1) is 0 Å². The predicted octanol–water partition coefficient (Wildman–Crippen LogP) is 2.91. The SMILES string of the molecule is CCC(C#N)(CC)C(=O)NCc1cc(F)ccc1F. The Labute approximate surface area is 111 Å². The number of nitriles is 1. The second kappa shape index (κ2) is 6.28. The molecule has 0 bridgehead atoms. The standard InChI is InChI=1S/C14H16F2N2O/c1-3-14(4-2,9-17)13(19)18-8-10-7-11(15)5-6-12(10)16/h5-7H,3-4,8H2,1-2H3,(H,18,19). The second-order valence-electron chi connectivity index (χ2n) is 4.32. The van der Waals surface area contributed by atoms with Gasteiger partial charge < -0.3 is 5.32 Å². The van der Waals surface area contributed by atoms with Gasteiger partial charge in [0.05, 0.1) is 6.07 Å². The summed E-state index contributed by atoms with van der Waals surface area (Å²) in [4.78, 5) is 12.0. The average molecular weight is 266 g/mol. The summed E-state index contributed by atoms with van der Waals surface area (Å²) in [6, 6.07) is 5.05. The molecular formula is C14H16F2N2O. The van der Waals surface area contributed by atoms with Crippen molar-refractivity contribution in [1.29, 1.82) is 5.26 Å². The van der Waals surface area contributed by atoms with Gasteiger partial charge in [0.1, 0.15) is 17.0 Å². The molecule has 1 aromatic carbocycles. The molecule has 1 N–H and O–H groups in total. The Balaban J connectivity index is 2.79. The molecule has 0 saturated carbocycles. The first-order chi connectivity index (χ1) is 8.99. The molecule has 0 fully saturated rings. The second-order valence-corrected chi connectivity index (χ2v) is 4.32. The minimum absolute atomic E-state index is 0.0624. The van der Waals surface area contributed by atoms with Crippen molar-refractivity contribution in [2.45, 2.75) is 33.2 Å². The van der Waals surface area contributed by atoms with Crippen molar-refractivity contribution in [1.82, 2.24) is 5.32 Å². The van der Waals surface area contributed by atoms with Gasteiger partial charge in [-0.05, 0) is 31.0 Å². The number of hydrogen-bond acceptors (Lipinski definition) is 2. The predicted molar refractivity (Wildman–Crippen MR) is 66.8 cm³/mol. The molecule has 1 aromatic rings. The monoisotopic (exact) mass is 266 g/mol. The first-order valence-corrected chi connectivity index (χ1v) is 6.12. The summed E-state index contributed by atoms with van der Waals surface area (Å²) in [7, 11) is 0. The van der Waals surface area contributed by atoms with Crippen molar-refractivity contribution in [3.63, 3.8) is 0 Å². The van der Waals surface area contributed by atoms with Crippen molar-refractivity contribution in [2.24, 2.45) is 5.41 Å². The number of amides is 1. The van der Waals surface area contributed by atoms with Crippen LogP contribution >= 0.6 is 0 Å². The van der Waals surface area contributed by atoms with E-state index in [9.17, 15) is 13.6 Å². The molecule has 102 valence electrons. The Morgan fingerprint density at radius 1 is 1.37 bits per heavy atom. The first kappa shape index (κ1) is 15.1. The third kappa shape index (κ3) is 3.28. The minimum Gasteiger partial charge on any atom is -0.351 e. The van der Waals surface area contributed by atoms with E-state index in [-0.39, 0.29) is 12.1 Å². The lowest BCUT2D eigenvalue weighted by Crippen LogP contribution is -2.39. The Hall–Kier alpha value is -1.96. The van der Waals surface area contributed by atoms with E-state index in [4.69, 9.17) is 5.26 Å². The lowest BCUT2D eigenvalue weighted by molar-refractivity contribution is -0.128. The fraction of sp³-hybridized carbons (Fsp3) is 0.429. The van der Waals surface area contributed by atoms with Crippen LogP contribution in [0.25, 0.3) is 0 Å². The number of nitrogens with one attached hydrogen (secondary N) is 1. The van der Waals surface area contributed by atoms with E-state index in [1.165, 1.54) is 0 Å².